The summed E-state index contributed by atoms with van der Waals surface area (Å²) in [6, 6.07) is 8.77. The maximum atomic E-state index is 14.4. The topological polar surface area (TPSA) is 29.5 Å². The Morgan fingerprint density at radius 1 is 1.29 bits per heavy atom. The van der Waals surface area contributed by atoms with E-state index >= 15 is 0 Å². The Kier molecular flexibility index (Phi) is 4.89. The third-order valence-electron chi connectivity index (χ3n) is 3.39. The number of hydrogen-bond acceptors (Lipinski definition) is 3. The van der Waals surface area contributed by atoms with E-state index in [2.05, 4.69) is 6.58 Å². The molecule has 1 heterocycles. The van der Waals surface area contributed by atoms with E-state index in [0.717, 1.165) is 0 Å². The van der Waals surface area contributed by atoms with Gasteiger partial charge in [0.15, 0.2) is 11.6 Å². The summed E-state index contributed by atoms with van der Waals surface area (Å²) < 4.78 is 33.8. The van der Waals surface area contributed by atoms with E-state index in [1.54, 1.807) is 30.3 Å². The van der Waals surface area contributed by atoms with Gasteiger partial charge in [0, 0.05) is 19.5 Å². The number of morpholine rings is 1. The minimum absolute atomic E-state index is 0.276. The van der Waals surface area contributed by atoms with Crippen molar-refractivity contribution in [1.29, 1.82) is 0 Å². The summed E-state index contributed by atoms with van der Waals surface area (Å²) >= 11 is 0. The molecule has 1 aromatic rings. The highest BCUT2D eigenvalue weighted by Gasteiger charge is 2.40. The lowest BCUT2D eigenvalue weighted by atomic mass is 9.99. The maximum Gasteiger partial charge on any atom is 0.301 e. The number of hydrogen-bond donors (Lipinski definition) is 0. The fraction of sp³-hybridized carbons (Fsp3) is 0.375. The minimum atomic E-state index is -3.29. The van der Waals surface area contributed by atoms with Crippen LogP contribution in [0.3, 0.4) is 0 Å². The molecular weight excluding hydrogens is 276 g/mol. The quantitative estimate of drug-likeness (QED) is 0.782. The van der Waals surface area contributed by atoms with E-state index in [4.69, 9.17) is 4.74 Å². The molecule has 0 spiro atoms. The summed E-state index contributed by atoms with van der Waals surface area (Å²) in [4.78, 5) is 12.4. The van der Waals surface area contributed by atoms with E-state index in [1.807, 2.05) is 0 Å². The van der Waals surface area contributed by atoms with Gasteiger partial charge in [-0.2, -0.15) is 8.78 Å². The van der Waals surface area contributed by atoms with Crippen LogP contribution in [0.25, 0.3) is 5.57 Å². The first kappa shape index (κ1) is 15.4. The molecule has 0 saturated carbocycles. The van der Waals surface area contributed by atoms with Gasteiger partial charge in [-0.15, -0.1) is 0 Å². The Morgan fingerprint density at radius 2 is 1.90 bits per heavy atom. The first-order valence-electron chi connectivity index (χ1n) is 6.74. The number of nitrogens with zero attached hydrogens (tertiary/aromatic N) is 1. The van der Waals surface area contributed by atoms with Gasteiger partial charge in [-0.05, 0) is 11.1 Å². The normalized spacial score (nSPS) is 15.4. The van der Waals surface area contributed by atoms with Crippen LogP contribution in [0.1, 0.15) is 12.0 Å². The highest BCUT2D eigenvalue weighted by molar-refractivity contribution is 5.66. The van der Waals surface area contributed by atoms with E-state index < -0.39 is 18.0 Å². The highest BCUT2D eigenvalue weighted by Crippen LogP contribution is 2.34. The van der Waals surface area contributed by atoms with Gasteiger partial charge in [0.05, 0.1) is 13.2 Å². The van der Waals surface area contributed by atoms with Crippen molar-refractivity contribution in [3.63, 3.8) is 0 Å². The molecule has 1 aliphatic heterocycles. The molecule has 0 aromatic heterocycles. The van der Waals surface area contributed by atoms with Crippen LogP contribution >= 0.6 is 0 Å². The van der Waals surface area contributed by atoms with Gasteiger partial charge in [-0.3, -0.25) is 0 Å². The van der Waals surface area contributed by atoms with Crippen LogP contribution in [0.2, 0.25) is 0 Å². The summed E-state index contributed by atoms with van der Waals surface area (Å²) in [7, 11) is 0. The van der Waals surface area contributed by atoms with Crippen LogP contribution in [0.4, 0.5) is 8.78 Å². The first-order valence-corrected chi connectivity index (χ1v) is 6.74. The molecular formula is C16H17F2NO2. The molecule has 2 rings (SSSR count). The predicted octanol–water partition coefficient (Wildman–Crippen LogP) is 2.77. The third kappa shape index (κ3) is 3.78. The van der Waals surface area contributed by atoms with Crippen molar-refractivity contribution in [2.75, 3.05) is 26.3 Å². The van der Waals surface area contributed by atoms with E-state index in [9.17, 15) is 13.6 Å². The lowest BCUT2D eigenvalue weighted by Crippen LogP contribution is -2.42. The zero-order chi connectivity index (χ0) is 15.3. The Bertz CT molecular complexity index is 545. The molecule has 112 valence electrons. The number of rotatable bonds is 5. The lowest BCUT2D eigenvalue weighted by Gasteiger charge is -2.32. The van der Waals surface area contributed by atoms with Gasteiger partial charge >= 0.3 is 5.92 Å². The Morgan fingerprint density at radius 3 is 2.48 bits per heavy atom. The zero-order valence-electron chi connectivity index (χ0n) is 11.6. The second-order valence-corrected chi connectivity index (χ2v) is 4.90. The lowest BCUT2D eigenvalue weighted by molar-refractivity contribution is -0.0112. The van der Waals surface area contributed by atoms with Crippen molar-refractivity contribution in [3.05, 3.63) is 48.2 Å². The average molecular weight is 293 g/mol. The van der Waals surface area contributed by atoms with Crippen molar-refractivity contribution in [2.45, 2.75) is 12.3 Å². The van der Waals surface area contributed by atoms with Gasteiger partial charge in [-0.25, -0.2) is 4.79 Å². The van der Waals surface area contributed by atoms with Crippen LogP contribution in [-0.4, -0.2) is 43.1 Å². The van der Waals surface area contributed by atoms with Crippen LogP contribution in [-0.2, 0) is 9.53 Å². The minimum Gasteiger partial charge on any atom is -0.378 e. The molecule has 1 saturated heterocycles. The standard InChI is InChI=1S/C16H17F2NO2/c1-13(14-5-3-2-4-6-14)11-16(17,18)15(12-20)19-7-9-21-10-8-19/h2-6H,1,7-11H2. The van der Waals surface area contributed by atoms with Crippen molar-refractivity contribution in [1.82, 2.24) is 4.90 Å². The number of alkyl halides is 2. The molecule has 0 N–H and O–H groups in total. The molecule has 1 aromatic carbocycles. The molecule has 0 unspecified atom stereocenters. The summed E-state index contributed by atoms with van der Waals surface area (Å²) in [5, 5.41) is 0. The van der Waals surface area contributed by atoms with E-state index in [-0.39, 0.29) is 13.1 Å². The summed E-state index contributed by atoms with van der Waals surface area (Å²) in [6.45, 7) is 4.93. The van der Waals surface area contributed by atoms with E-state index in [0.29, 0.717) is 24.4 Å². The fourth-order valence-corrected chi connectivity index (χ4v) is 2.29. The van der Waals surface area contributed by atoms with Crippen molar-refractivity contribution in [2.24, 2.45) is 0 Å². The maximum absolute atomic E-state index is 14.4. The molecule has 0 atom stereocenters. The fourth-order valence-electron chi connectivity index (χ4n) is 2.29. The second kappa shape index (κ2) is 6.66. The predicted molar refractivity (Wildman–Crippen MR) is 76.6 cm³/mol. The zero-order valence-corrected chi connectivity index (χ0v) is 11.6. The SMILES string of the molecule is C=C(CC(F)(F)C(=C=O)N1CCOCC1)c1ccccc1. The molecule has 0 radical (unpaired) electrons. The van der Waals surface area contributed by atoms with Gasteiger partial charge in [0.2, 0.25) is 0 Å². The molecule has 3 nitrogen and oxygen atoms in total. The Labute approximate surface area is 122 Å². The Hall–Kier alpha value is -1.97. The molecule has 5 heteroatoms. The molecule has 0 bridgehead atoms. The van der Waals surface area contributed by atoms with E-state index in [1.165, 1.54) is 10.8 Å². The van der Waals surface area contributed by atoms with Gasteiger partial charge in [0.25, 0.3) is 0 Å². The van der Waals surface area contributed by atoms with Gasteiger partial charge in [0.1, 0.15) is 0 Å². The van der Waals surface area contributed by atoms with Crippen LogP contribution < -0.4 is 0 Å². The monoisotopic (exact) mass is 293 g/mol. The number of carbonyl (C=O) groups excluding carboxylic acids is 1. The largest absolute Gasteiger partial charge is 0.378 e. The Balaban J connectivity index is 2.12. The molecule has 1 fully saturated rings. The number of halogens is 2. The molecule has 0 amide bonds. The molecule has 21 heavy (non-hydrogen) atoms. The first-order chi connectivity index (χ1) is 10.0. The molecule has 1 aliphatic rings. The van der Waals surface area contributed by atoms with Gasteiger partial charge in [-0.1, -0.05) is 36.9 Å². The number of allylic oxidation sites excluding steroid dienone is 2. The summed E-state index contributed by atoms with van der Waals surface area (Å²) in [5.74, 6) is -1.87. The molecule has 0 aliphatic carbocycles. The van der Waals surface area contributed by atoms with Crippen LogP contribution in [0, 0.1) is 0 Å². The summed E-state index contributed by atoms with van der Waals surface area (Å²) in [6.07, 6.45) is -0.598. The van der Waals surface area contributed by atoms with Crippen molar-refractivity contribution in [3.8, 4) is 0 Å². The van der Waals surface area contributed by atoms with Crippen LogP contribution in [0.5, 0.6) is 0 Å². The highest BCUT2D eigenvalue weighted by atomic mass is 19.3. The van der Waals surface area contributed by atoms with Crippen molar-refractivity contribution >= 4 is 11.5 Å². The second-order valence-electron chi connectivity index (χ2n) is 4.90. The smallest absolute Gasteiger partial charge is 0.301 e. The number of ether oxygens (including phenoxy) is 1. The van der Waals surface area contributed by atoms with Crippen molar-refractivity contribution < 1.29 is 18.3 Å². The average Bonchev–Trinajstić information content (AvgIpc) is 2.49. The third-order valence-corrected chi connectivity index (χ3v) is 3.39. The summed E-state index contributed by atoms with van der Waals surface area (Å²) in [5.41, 5.74) is 0.328. The van der Waals surface area contributed by atoms with Gasteiger partial charge < -0.3 is 9.64 Å². The van der Waals surface area contributed by atoms with Crippen LogP contribution in [0.15, 0.2) is 42.6 Å². The number of benzene rings is 1.